The van der Waals surface area contributed by atoms with Crippen molar-refractivity contribution in [3.05, 3.63) is 94.5 Å². The van der Waals surface area contributed by atoms with Crippen LogP contribution in [-0.4, -0.2) is 56.3 Å². The van der Waals surface area contributed by atoms with Crippen molar-refractivity contribution in [3.63, 3.8) is 0 Å². The average Bonchev–Trinajstić information content (AvgIpc) is 2.86. The van der Waals surface area contributed by atoms with Gasteiger partial charge in [-0.3, -0.25) is 4.79 Å². The average molecular weight is 558 g/mol. The van der Waals surface area contributed by atoms with Crippen molar-refractivity contribution in [2.45, 2.75) is 30.2 Å². The van der Waals surface area contributed by atoms with E-state index in [0.717, 1.165) is 10.0 Å². The molecule has 0 fully saturated rings. The van der Waals surface area contributed by atoms with Gasteiger partial charge in [0.1, 0.15) is 12.4 Å². The molecule has 35 heavy (non-hydrogen) atoms. The van der Waals surface area contributed by atoms with Crippen LogP contribution in [-0.2, 0) is 16.4 Å². The van der Waals surface area contributed by atoms with E-state index in [9.17, 15) is 13.2 Å². The maximum Gasteiger partial charge on any atom is 0.257 e. The minimum Gasteiger partial charge on any atom is -0.491 e. The number of para-hydroxylation sites is 1. The lowest BCUT2D eigenvalue weighted by Crippen LogP contribution is -2.46. The van der Waals surface area contributed by atoms with Crippen LogP contribution in [0.15, 0.2) is 88.2 Å². The van der Waals surface area contributed by atoms with Crippen LogP contribution in [0.1, 0.15) is 28.8 Å². The Labute approximate surface area is 215 Å². The quantitative estimate of drug-likeness (QED) is 0.453. The van der Waals surface area contributed by atoms with E-state index in [2.05, 4.69) is 15.9 Å². The SMILES string of the molecule is CN1CCCCN(S(=O)(=O)c2ccc(Br)cc2)[C@@H](Cc2ccccc2)COc2ccccc2C1=O. The molecule has 8 heteroatoms. The summed E-state index contributed by atoms with van der Waals surface area (Å²) in [6.45, 7) is 0.990. The number of halogens is 1. The number of benzene rings is 3. The molecule has 0 aliphatic carbocycles. The molecule has 1 heterocycles. The van der Waals surface area contributed by atoms with Crippen molar-refractivity contribution in [3.8, 4) is 5.75 Å². The fourth-order valence-electron chi connectivity index (χ4n) is 4.25. The van der Waals surface area contributed by atoms with Crippen LogP contribution in [0.25, 0.3) is 0 Å². The third-order valence-corrected chi connectivity index (χ3v) is 8.65. The molecule has 0 radical (unpaired) electrons. The number of ether oxygens (including phenoxy) is 1. The Balaban J connectivity index is 1.74. The van der Waals surface area contributed by atoms with Crippen molar-refractivity contribution >= 4 is 31.9 Å². The predicted octanol–water partition coefficient (Wildman–Crippen LogP) is 5.00. The zero-order valence-corrected chi connectivity index (χ0v) is 22.0. The molecule has 1 amide bonds. The Hall–Kier alpha value is -2.68. The third-order valence-electron chi connectivity index (χ3n) is 6.16. The number of hydrogen-bond donors (Lipinski definition) is 0. The molecule has 0 aromatic heterocycles. The maximum atomic E-state index is 13.9. The van der Waals surface area contributed by atoms with Crippen LogP contribution in [0.2, 0.25) is 0 Å². The molecular weight excluding hydrogens is 528 g/mol. The molecule has 1 aliphatic rings. The lowest BCUT2D eigenvalue weighted by Gasteiger charge is -2.32. The van der Waals surface area contributed by atoms with Crippen LogP contribution in [0.3, 0.4) is 0 Å². The van der Waals surface area contributed by atoms with Gasteiger partial charge in [-0.1, -0.05) is 58.4 Å². The Morgan fingerprint density at radius 2 is 1.57 bits per heavy atom. The molecule has 1 aliphatic heterocycles. The minimum absolute atomic E-state index is 0.0971. The van der Waals surface area contributed by atoms with Crippen LogP contribution in [0.5, 0.6) is 5.75 Å². The second kappa shape index (κ2) is 11.4. The molecule has 184 valence electrons. The van der Waals surface area contributed by atoms with Crippen molar-refractivity contribution in [2.75, 3.05) is 26.7 Å². The van der Waals surface area contributed by atoms with E-state index in [1.165, 1.54) is 0 Å². The molecule has 3 aromatic rings. The summed E-state index contributed by atoms with van der Waals surface area (Å²) in [5, 5.41) is 0. The van der Waals surface area contributed by atoms with Crippen LogP contribution in [0.4, 0.5) is 0 Å². The zero-order chi connectivity index (χ0) is 24.8. The Kier molecular flexibility index (Phi) is 8.26. The predicted molar refractivity (Wildman–Crippen MR) is 140 cm³/mol. The molecular formula is C27H29BrN2O4S. The van der Waals surface area contributed by atoms with E-state index >= 15 is 0 Å². The molecule has 0 saturated carbocycles. The standard InChI is InChI=1S/C27H29BrN2O4S/c1-29-17-7-8-18-30(35(32,33)24-15-13-22(28)14-16-24)23(19-21-9-3-2-4-10-21)20-34-26-12-6-5-11-25(26)27(29)31/h2-6,9-16,23H,7-8,17-20H2,1H3/t23-/m0/s1. The summed E-state index contributed by atoms with van der Waals surface area (Å²) in [6, 6.07) is 23.2. The molecule has 0 bridgehead atoms. The first-order valence-electron chi connectivity index (χ1n) is 11.6. The molecule has 6 nitrogen and oxygen atoms in total. The molecule has 1 atom stereocenters. The summed E-state index contributed by atoms with van der Waals surface area (Å²) in [6.07, 6.45) is 1.81. The van der Waals surface area contributed by atoms with E-state index in [0.29, 0.717) is 43.7 Å². The van der Waals surface area contributed by atoms with E-state index in [4.69, 9.17) is 4.74 Å². The highest BCUT2D eigenvalue weighted by Gasteiger charge is 2.33. The van der Waals surface area contributed by atoms with Gasteiger partial charge in [-0.2, -0.15) is 4.31 Å². The molecule has 4 rings (SSSR count). The van der Waals surface area contributed by atoms with E-state index in [-0.39, 0.29) is 17.4 Å². The van der Waals surface area contributed by atoms with Gasteiger partial charge < -0.3 is 9.64 Å². The van der Waals surface area contributed by atoms with Gasteiger partial charge in [0.2, 0.25) is 10.0 Å². The number of rotatable bonds is 4. The first kappa shape index (κ1) is 25.4. The summed E-state index contributed by atoms with van der Waals surface area (Å²) in [5.41, 5.74) is 1.50. The fourth-order valence-corrected chi connectivity index (χ4v) is 6.16. The van der Waals surface area contributed by atoms with Crippen molar-refractivity contribution in [1.82, 2.24) is 9.21 Å². The van der Waals surface area contributed by atoms with E-state index in [1.54, 1.807) is 52.7 Å². The number of carbonyl (C=O) groups excluding carboxylic acids is 1. The Morgan fingerprint density at radius 3 is 2.31 bits per heavy atom. The molecule has 3 aromatic carbocycles. The van der Waals surface area contributed by atoms with Crippen molar-refractivity contribution in [1.29, 1.82) is 0 Å². The molecule has 0 unspecified atom stereocenters. The highest BCUT2D eigenvalue weighted by atomic mass is 79.9. The van der Waals surface area contributed by atoms with Crippen molar-refractivity contribution < 1.29 is 17.9 Å². The second-order valence-corrected chi connectivity index (χ2v) is 11.5. The fraction of sp³-hybridized carbons (Fsp3) is 0.296. The number of nitrogens with zero attached hydrogens (tertiary/aromatic N) is 2. The number of amides is 1. The summed E-state index contributed by atoms with van der Waals surface area (Å²) < 4.78 is 36.3. The van der Waals surface area contributed by atoms with Gasteiger partial charge in [-0.05, 0) is 61.2 Å². The normalized spacial score (nSPS) is 18.2. The lowest BCUT2D eigenvalue weighted by molar-refractivity contribution is 0.0781. The first-order chi connectivity index (χ1) is 16.9. The van der Waals surface area contributed by atoms with Gasteiger partial charge in [-0.25, -0.2) is 8.42 Å². The summed E-state index contributed by atoms with van der Waals surface area (Å²) in [7, 11) is -2.02. The number of sulfonamides is 1. The molecule has 0 saturated heterocycles. The summed E-state index contributed by atoms with van der Waals surface area (Å²) in [4.78, 5) is 14.9. The third kappa shape index (κ3) is 6.12. The number of hydrogen-bond acceptors (Lipinski definition) is 4. The lowest BCUT2D eigenvalue weighted by atomic mass is 10.1. The van der Waals surface area contributed by atoms with Crippen molar-refractivity contribution in [2.24, 2.45) is 0 Å². The second-order valence-electron chi connectivity index (χ2n) is 8.65. The Morgan fingerprint density at radius 1 is 0.914 bits per heavy atom. The van der Waals surface area contributed by atoms with Gasteiger partial charge in [0.05, 0.1) is 16.5 Å². The number of carbonyl (C=O) groups is 1. The summed E-state index contributed by atoms with van der Waals surface area (Å²) >= 11 is 3.39. The van der Waals surface area contributed by atoms with Crippen LogP contribution < -0.4 is 4.74 Å². The highest BCUT2D eigenvalue weighted by molar-refractivity contribution is 9.10. The van der Waals surface area contributed by atoms with Gasteiger partial charge in [-0.15, -0.1) is 0 Å². The minimum atomic E-state index is -3.79. The van der Waals surface area contributed by atoms with E-state index in [1.807, 2.05) is 42.5 Å². The van der Waals surface area contributed by atoms with E-state index < -0.39 is 16.1 Å². The monoisotopic (exact) mass is 556 g/mol. The first-order valence-corrected chi connectivity index (χ1v) is 13.9. The topological polar surface area (TPSA) is 66.9 Å². The number of fused-ring (bicyclic) bond motifs is 1. The van der Waals surface area contributed by atoms with Gasteiger partial charge in [0, 0.05) is 24.6 Å². The Bertz CT molecular complexity index is 1250. The van der Waals surface area contributed by atoms with Gasteiger partial charge >= 0.3 is 0 Å². The summed E-state index contributed by atoms with van der Waals surface area (Å²) in [5.74, 6) is 0.365. The van der Waals surface area contributed by atoms with Gasteiger partial charge in [0.25, 0.3) is 5.91 Å². The highest BCUT2D eigenvalue weighted by Crippen LogP contribution is 2.26. The van der Waals surface area contributed by atoms with Gasteiger partial charge in [0.15, 0.2) is 0 Å². The van der Waals surface area contributed by atoms with Crippen LogP contribution in [0, 0.1) is 0 Å². The molecule has 0 spiro atoms. The smallest absolute Gasteiger partial charge is 0.257 e. The maximum absolute atomic E-state index is 13.9. The zero-order valence-electron chi connectivity index (χ0n) is 19.6. The van der Waals surface area contributed by atoms with Crippen LogP contribution >= 0.6 is 15.9 Å². The molecule has 0 N–H and O–H groups in total. The largest absolute Gasteiger partial charge is 0.491 e.